The van der Waals surface area contributed by atoms with Gasteiger partial charge in [0.15, 0.2) is 0 Å². The molecular weight excluding hydrogens is 277 g/mol. The molecule has 0 aromatic rings. The Bertz CT molecular complexity index is 435. The number of halogens is 3. The van der Waals surface area contributed by atoms with Crippen LogP contribution in [0.3, 0.4) is 0 Å². The molecule has 4 heteroatoms. The Labute approximate surface area is 125 Å². The van der Waals surface area contributed by atoms with Crippen LogP contribution in [0.5, 0.6) is 0 Å². The van der Waals surface area contributed by atoms with Crippen molar-refractivity contribution in [1.82, 2.24) is 0 Å². The Hall–Kier alpha value is -1.97. The lowest BCUT2D eigenvalue weighted by atomic mass is 10.2. The van der Waals surface area contributed by atoms with E-state index in [0.717, 1.165) is 12.2 Å². The maximum absolute atomic E-state index is 12.5. The first kappa shape index (κ1) is 21.3. The molecule has 0 aliphatic rings. The molecule has 0 fully saturated rings. The molecule has 0 unspecified atom stereocenters. The molecule has 0 rings (SSSR count). The van der Waals surface area contributed by atoms with Crippen molar-refractivity contribution >= 4 is 0 Å². The van der Waals surface area contributed by atoms with Gasteiger partial charge in [0.2, 0.25) is 0 Å². The Morgan fingerprint density at radius 2 is 1.67 bits per heavy atom. The Morgan fingerprint density at radius 1 is 1.10 bits per heavy atom. The first-order valence-corrected chi connectivity index (χ1v) is 6.59. The quantitative estimate of drug-likeness (QED) is 0.416. The van der Waals surface area contributed by atoms with Crippen molar-refractivity contribution in [2.75, 3.05) is 0 Å². The van der Waals surface area contributed by atoms with Gasteiger partial charge in [-0.2, -0.15) is 13.2 Å². The van der Waals surface area contributed by atoms with Crippen LogP contribution in [-0.4, -0.2) is 6.18 Å². The van der Waals surface area contributed by atoms with E-state index in [9.17, 15) is 13.2 Å². The van der Waals surface area contributed by atoms with Gasteiger partial charge in [-0.25, -0.2) is 0 Å². The van der Waals surface area contributed by atoms with E-state index in [0.29, 0.717) is 5.76 Å². The molecule has 0 aliphatic carbocycles. The summed E-state index contributed by atoms with van der Waals surface area (Å²) in [5.74, 6) is 0.286. The zero-order chi connectivity index (χ0) is 16.9. The molecule has 1 nitrogen and oxygen atoms in total. The molecule has 0 saturated carbocycles. The summed E-state index contributed by atoms with van der Waals surface area (Å²) in [6.45, 7) is 14.2. The van der Waals surface area contributed by atoms with Gasteiger partial charge in [0.25, 0.3) is 0 Å². The summed E-state index contributed by atoms with van der Waals surface area (Å²) in [7, 11) is 0. The van der Waals surface area contributed by atoms with E-state index < -0.39 is 11.7 Å². The molecule has 0 N–H and O–H groups in total. The van der Waals surface area contributed by atoms with Crippen molar-refractivity contribution in [2.24, 2.45) is 0 Å². The van der Waals surface area contributed by atoms with Crippen LogP contribution < -0.4 is 0 Å². The van der Waals surface area contributed by atoms with E-state index in [2.05, 4.69) is 13.2 Å². The van der Waals surface area contributed by atoms with Gasteiger partial charge in [-0.1, -0.05) is 51.3 Å². The van der Waals surface area contributed by atoms with E-state index in [-0.39, 0.29) is 5.76 Å². The van der Waals surface area contributed by atoms with Gasteiger partial charge in [-0.3, -0.25) is 0 Å². The molecular formula is C17H23F3O. The molecule has 0 saturated heterocycles. The number of rotatable bonds is 6. The first-order valence-electron chi connectivity index (χ1n) is 6.59. The maximum Gasteiger partial charge on any atom is 0.416 e. The highest BCUT2D eigenvalue weighted by Gasteiger charge is 2.31. The molecule has 0 aromatic heterocycles. The lowest BCUT2D eigenvalue weighted by Gasteiger charge is -2.10. The summed E-state index contributed by atoms with van der Waals surface area (Å²) in [5, 5.41) is 0. The van der Waals surface area contributed by atoms with Crippen LogP contribution in [0.1, 0.15) is 27.7 Å². The van der Waals surface area contributed by atoms with Gasteiger partial charge in [-0.15, -0.1) is 0 Å². The van der Waals surface area contributed by atoms with E-state index in [1.807, 2.05) is 20.8 Å². The van der Waals surface area contributed by atoms with Crippen molar-refractivity contribution in [1.29, 1.82) is 0 Å². The first-order chi connectivity index (χ1) is 9.85. The average molecular weight is 300 g/mol. The molecule has 0 radical (unpaired) electrons. The molecule has 0 heterocycles. The third-order valence-electron chi connectivity index (χ3n) is 1.90. The Morgan fingerprint density at radius 3 is 2.05 bits per heavy atom. The number of hydrogen-bond donors (Lipinski definition) is 0. The SMILES string of the molecule is C=C/C(=C\C(=C)OC(/C=C/C)=C/C=C\C)C(F)(F)F.CC. The monoisotopic (exact) mass is 300 g/mol. The third-order valence-corrected chi connectivity index (χ3v) is 1.90. The number of allylic oxidation sites excluding steroid dienone is 8. The minimum atomic E-state index is -4.47. The van der Waals surface area contributed by atoms with Gasteiger partial charge in [-0.05, 0) is 32.1 Å². The second-order valence-corrected chi connectivity index (χ2v) is 3.46. The van der Waals surface area contributed by atoms with Crippen LogP contribution in [0.4, 0.5) is 13.2 Å². The van der Waals surface area contributed by atoms with E-state index >= 15 is 0 Å². The highest BCUT2D eigenvalue weighted by molar-refractivity contribution is 5.30. The fourth-order valence-corrected chi connectivity index (χ4v) is 1.09. The van der Waals surface area contributed by atoms with Gasteiger partial charge in [0.1, 0.15) is 11.5 Å². The highest BCUT2D eigenvalue weighted by Crippen LogP contribution is 2.27. The smallest absolute Gasteiger partial charge is 0.416 e. The molecule has 0 amide bonds. The highest BCUT2D eigenvalue weighted by atomic mass is 19.4. The minimum absolute atomic E-state index is 0.110. The van der Waals surface area contributed by atoms with Crippen LogP contribution in [0.15, 0.2) is 72.8 Å². The van der Waals surface area contributed by atoms with Crippen molar-refractivity contribution in [3.05, 3.63) is 72.8 Å². The lowest BCUT2D eigenvalue weighted by Crippen LogP contribution is -2.10. The van der Waals surface area contributed by atoms with Gasteiger partial charge < -0.3 is 4.74 Å². The normalized spacial score (nSPS) is 13.1. The third kappa shape index (κ3) is 10.5. The van der Waals surface area contributed by atoms with Crippen LogP contribution in [0.25, 0.3) is 0 Å². The molecule has 0 aromatic carbocycles. The van der Waals surface area contributed by atoms with Crippen molar-refractivity contribution in [3.63, 3.8) is 0 Å². The second kappa shape index (κ2) is 11.8. The molecule has 118 valence electrons. The lowest BCUT2D eigenvalue weighted by molar-refractivity contribution is -0.0883. The summed E-state index contributed by atoms with van der Waals surface area (Å²) in [4.78, 5) is 0. The largest absolute Gasteiger partial charge is 0.458 e. The average Bonchev–Trinajstić information content (AvgIpc) is 2.43. The van der Waals surface area contributed by atoms with Crippen molar-refractivity contribution in [3.8, 4) is 0 Å². The predicted octanol–water partition coefficient (Wildman–Crippen LogP) is 6.25. The number of alkyl halides is 3. The van der Waals surface area contributed by atoms with Gasteiger partial charge >= 0.3 is 6.18 Å². The molecule has 0 spiro atoms. The van der Waals surface area contributed by atoms with Crippen molar-refractivity contribution < 1.29 is 17.9 Å². The maximum atomic E-state index is 12.5. The van der Waals surface area contributed by atoms with E-state index in [1.54, 1.807) is 37.3 Å². The summed E-state index contributed by atoms with van der Waals surface area (Å²) in [6, 6.07) is 0. The topological polar surface area (TPSA) is 9.23 Å². The van der Waals surface area contributed by atoms with Crippen molar-refractivity contribution in [2.45, 2.75) is 33.9 Å². The molecule has 0 aliphatic heterocycles. The summed E-state index contributed by atoms with van der Waals surface area (Å²) < 4.78 is 42.7. The van der Waals surface area contributed by atoms with E-state index in [1.165, 1.54) is 0 Å². The number of ether oxygens (including phenoxy) is 1. The number of hydrogen-bond acceptors (Lipinski definition) is 1. The standard InChI is InChI=1S/C15H17F3O.C2H6/c1-5-8-10-14(9-6-2)19-12(4)11-13(7-3)15(16,17)18;1-2/h5-11H,3-4H2,1-2H3;1-2H3/b8-5-,9-6+,13-11+,14-10+;. The Kier molecular flexibility index (Phi) is 12.0. The molecule has 21 heavy (non-hydrogen) atoms. The van der Waals surface area contributed by atoms with Crippen LogP contribution in [-0.2, 0) is 4.74 Å². The predicted molar refractivity (Wildman–Crippen MR) is 83.6 cm³/mol. The zero-order valence-corrected chi connectivity index (χ0v) is 13.0. The Balaban J connectivity index is 0. The fourth-order valence-electron chi connectivity index (χ4n) is 1.09. The van der Waals surface area contributed by atoms with Gasteiger partial charge in [0.05, 0.1) is 5.57 Å². The van der Waals surface area contributed by atoms with Crippen LogP contribution in [0, 0.1) is 0 Å². The minimum Gasteiger partial charge on any atom is -0.458 e. The fraction of sp³-hybridized carbons (Fsp3) is 0.294. The van der Waals surface area contributed by atoms with Crippen LogP contribution >= 0.6 is 0 Å². The molecule has 0 atom stereocenters. The molecule has 0 bridgehead atoms. The second-order valence-electron chi connectivity index (χ2n) is 3.46. The van der Waals surface area contributed by atoms with Crippen LogP contribution in [0.2, 0.25) is 0 Å². The van der Waals surface area contributed by atoms with Gasteiger partial charge in [0, 0.05) is 0 Å². The summed E-state index contributed by atoms with van der Waals surface area (Å²) >= 11 is 0. The summed E-state index contributed by atoms with van der Waals surface area (Å²) in [5.41, 5.74) is -0.900. The van der Waals surface area contributed by atoms with E-state index in [4.69, 9.17) is 4.74 Å². The zero-order valence-electron chi connectivity index (χ0n) is 13.0. The summed E-state index contributed by atoms with van der Waals surface area (Å²) in [6.07, 6.45) is 5.51.